The number of fused-ring (bicyclic) bond motifs is 6. The van der Waals surface area contributed by atoms with Crippen molar-refractivity contribution in [1.82, 2.24) is 24.5 Å². The van der Waals surface area contributed by atoms with E-state index in [0.717, 1.165) is 77.5 Å². The molecule has 12 aromatic rings. The molecule has 3 aromatic heterocycles. The minimum Gasteiger partial charge on any atom is -0.309 e. The monoisotopic (exact) mass is 803 g/mol. The third-order valence-electron chi connectivity index (χ3n) is 12.0. The summed E-state index contributed by atoms with van der Waals surface area (Å²) in [5, 5.41) is 5.81. The molecule has 0 bridgehead atoms. The van der Waals surface area contributed by atoms with E-state index in [1.807, 2.05) is 36.4 Å². The van der Waals surface area contributed by atoms with E-state index in [1.54, 1.807) is 0 Å². The molecule has 0 saturated heterocycles. The van der Waals surface area contributed by atoms with E-state index in [2.05, 4.69) is 193 Å². The maximum Gasteiger partial charge on any atom is 0.164 e. The Labute approximate surface area is 364 Å². The number of para-hydroxylation sites is 2. The molecule has 9 aromatic carbocycles. The van der Waals surface area contributed by atoms with Crippen LogP contribution in [-0.2, 0) is 0 Å². The van der Waals surface area contributed by atoms with Gasteiger partial charge in [-0.15, -0.1) is 0 Å². The van der Waals surface area contributed by atoms with Gasteiger partial charge in [0.2, 0.25) is 0 Å². The number of pyridine rings is 1. The lowest BCUT2D eigenvalue weighted by Crippen LogP contribution is -2.00. The van der Waals surface area contributed by atoms with Gasteiger partial charge in [0.1, 0.15) is 0 Å². The molecular formula is C58H37N5. The van der Waals surface area contributed by atoms with Crippen molar-refractivity contribution < 1.29 is 0 Å². The fourth-order valence-corrected chi connectivity index (χ4v) is 8.92. The Kier molecular flexibility index (Phi) is 8.75. The number of nitrogens with zero attached hydrogens (tertiary/aromatic N) is 5. The van der Waals surface area contributed by atoms with Crippen LogP contribution in [0.3, 0.4) is 0 Å². The van der Waals surface area contributed by atoms with Crippen molar-refractivity contribution in [1.29, 1.82) is 0 Å². The van der Waals surface area contributed by atoms with Gasteiger partial charge in [-0.3, -0.25) is 0 Å². The van der Waals surface area contributed by atoms with E-state index in [-0.39, 0.29) is 0 Å². The van der Waals surface area contributed by atoms with Crippen molar-refractivity contribution in [3.05, 3.63) is 224 Å². The largest absolute Gasteiger partial charge is 0.309 e. The van der Waals surface area contributed by atoms with Crippen molar-refractivity contribution in [2.24, 2.45) is 0 Å². The Bertz CT molecular complexity index is 3620. The van der Waals surface area contributed by atoms with Crippen LogP contribution < -0.4 is 0 Å². The topological polar surface area (TPSA) is 56.5 Å². The zero-order chi connectivity index (χ0) is 41.7. The van der Waals surface area contributed by atoms with Crippen LogP contribution in [0.15, 0.2) is 224 Å². The first kappa shape index (κ1) is 36.3. The average molecular weight is 804 g/mol. The van der Waals surface area contributed by atoms with Gasteiger partial charge in [0.05, 0.1) is 22.2 Å². The number of hydrogen-bond acceptors (Lipinski definition) is 4. The lowest BCUT2D eigenvalue weighted by atomic mass is 9.95. The highest BCUT2D eigenvalue weighted by Gasteiger charge is 2.19. The van der Waals surface area contributed by atoms with Gasteiger partial charge in [-0.25, -0.2) is 19.9 Å². The highest BCUT2D eigenvalue weighted by atomic mass is 15.0. The number of rotatable bonds is 7. The van der Waals surface area contributed by atoms with Gasteiger partial charge in [-0.05, 0) is 70.1 Å². The lowest BCUT2D eigenvalue weighted by molar-refractivity contribution is 1.07. The molecule has 0 amide bonds. The first-order valence-corrected chi connectivity index (χ1v) is 21.2. The molecule has 0 fully saturated rings. The summed E-state index contributed by atoms with van der Waals surface area (Å²) in [7, 11) is 0. The normalized spacial score (nSPS) is 11.5. The Hall–Kier alpha value is -8.54. The number of hydrogen-bond donors (Lipinski definition) is 0. The predicted octanol–water partition coefficient (Wildman–Crippen LogP) is 14.7. The fraction of sp³-hybridized carbons (Fsp3) is 0. The van der Waals surface area contributed by atoms with E-state index >= 15 is 0 Å². The molecule has 0 saturated carbocycles. The van der Waals surface area contributed by atoms with E-state index in [9.17, 15) is 0 Å². The third kappa shape index (κ3) is 6.51. The smallest absolute Gasteiger partial charge is 0.164 e. The molecule has 63 heavy (non-hydrogen) atoms. The first-order chi connectivity index (χ1) is 31.2. The summed E-state index contributed by atoms with van der Waals surface area (Å²) < 4.78 is 2.39. The molecule has 0 aliphatic heterocycles. The van der Waals surface area contributed by atoms with Gasteiger partial charge in [-0.2, -0.15) is 0 Å². The summed E-state index contributed by atoms with van der Waals surface area (Å²) in [5.74, 6) is 1.89. The molecule has 0 N–H and O–H groups in total. The second kappa shape index (κ2) is 15.2. The van der Waals surface area contributed by atoms with Crippen LogP contribution in [0, 0.1) is 0 Å². The molecule has 0 aliphatic rings. The molecule has 12 rings (SSSR count). The molecule has 0 radical (unpaired) electrons. The third-order valence-corrected chi connectivity index (χ3v) is 12.0. The Balaban J connectivity index is 0.984. The highest BCUT2D eigenvalue weighted by Crippen LogP contribution is 2.41. The van der Waals surface area contributed by atoms with Crippen LogP contribution in [-0.4, -0.2) is 24.5 Å². The van der Waals surface area contributed by atoms with Crippen LogP contribution in [0.25, 0.3) is 117 Å². The Morgan fingerprint density at radius 1 is 0.254 bits per heavy atom. The lowest BCUT2D eigenvalue weighted by Gasteiger charge is -2.14. The van der Waals surface area contributed by atoms with Crippen molar-refractivity contribution >= 4 is 43.5 Å². The minimum atomic E-state index is 0.623. The van der Waals surface area contributed by atoms with Crippen molar-refractivity contribution in [3.63, 3.8) is 0 Å². The number of benzene rings is 9. The predicted molar refractivity (Wildman–Crippen MR) is 260 cm³/mol. The Morgan fingerprint density at radius 3 is 1.33 bits per heavy atom. The van der Waals surface area contributed by atoms with Crippen molar-refractivity contribution in [3.8, 4) is 73.4 Å². The zero-order valence-corrected chi connectivity index (χ0v) is 34.1. The van der Waals surface area contributed by atoms with E-state index in [4.69, 9.17) is 19.9 Å². The summed E-state index contributed by atoms with van der Waals surface area (Å²) in [6, 6.07) is 78.7. The van der Waals surface area contributed by atoms with Gasteiger partial charge in [0.25, 0.3) is 0 Å². The average Bonchev–Trinajstić information content (AvgIpc) is 3.69. The van der Waals surface area contributed by atoms with Crippen LogP contribution in [0.2, 0.25) is 0 Å². The maximum atomic E-state index is 5.37. The van der Waals surface area contributed by atoms with Crippen LogP contribution >= 0.6 is 0 Å². The van der Waals surface area contributed by atoms with Gasteiger partial charge >= 0.3 is 0 Å². The minimum absolute atomic E-state index is 0.623. The molecule has 294 valence electrons. The molecule has 5 nitrogen and oxygen atoms in total. The van der Waals surface area contributed by atoms with Crippen molar-refractivity contribution in [2.75, 3.05) is 0 Å². The summed E-state index contributed by atoms with van der Waals surface area (Å²) in [4.78, 5) is 20.4. The van der Waals surface area contributed by atoms with Gasteiger partial charge in [-0.1, -0.05) is 182 Å². The van der Waals surface area contributed by atoms with Crippen LogP contribution in [0.4, 0.5) is 0 Å². The molecule has 0 unspecified atom stereocenters. The summed E-state index contributed by atoms with van der Waals surface area (Å²) in [6.45, 7) is 0. The zero-order valence-electron chi connectivity index (χ0n) is 34.1. The van der Waals surface area contributed by atoms with Crippen LogP contribution in [0.1, 0.15) is 0 Å². The standard InChI is InChI=1S/C58H37N5/c1-5-15-38(16-6-1)39-25-29-43(30-26-39)57-60-56(42-19-9-3-10-20-42)61-58(62-57)44-31-27-40(28-32-44)45-33-34-52-49(35-45)48-37-54-50(36-51(48)55(59-52)41-17-7-2-8-18-41)47-23-13-14-24-53(47)63(54)46-21-11-4-12-22-46/h1-37H. The summed E-state index contributed by atoms with van der Waals surface area (Å²) >= 11 is 0. The van der Waals surface area contributed by atoms with Crippen LogP contribution in [0.5, 0.6) is 0 Å². The molecule has 5 heteroatoms. The molecule has 0 spiro atoms. The molecule has 3 heterocycles. The Morgan fingerprint density at radius 2 is 0.714 bits per heavy atom. The van der Waals surface area contributed by atoms with Gasteiger partial charge in [0, 0.05) is 49.5 Å². The summed E-state index contributed by atoms with van der Waals surface area (Å²) in [5.41, 5.74) is 13.8. The molecular weight excluding hydrogens is 767 g/mol. The van der Waals surface area contributed by atoms with Gasteiger partial charge in [0.15, 0.2) is 17.5 Å². The first-order valence-electron chi connectivity index (χ1n) is 21.2. The maximum absolute atomic E-state index is 5.37. The molecule has 0 aliphatic carbocycles. The second-order valence-corrected chi connectivity index (χ2v) is 15.9. The van der Waals surface area contributed by atoms with Crippen molar-refractivity contribution in [2.45, 2.75) is 0 Å². The SMILES string of the molecule is c1ccc(-c2ccc(-c3nc(-c4ccccc4)nc(-c4ccc(-c5ccc6nc(-c7ccccc7)c7cc8c9ccccc9n(-c9ccccc9)c8cc7c6c5)cc4)n3)cc2)cc1. The summed E-state index contributed by atoms with van der Waals surface area (Å²) in [6.07, 6.45) is 0. The van der Waals surface area contributed by atoms with E-state index in [1.165, 1.54) is 21.9 Å². The van der Waals surface area contributed by atoms with E-state index in [0.29, 0.717) is 17.5 Å². The quantitative estimate of drug-likeness (QED) is 0.151. The fourth-order valence-electron chi connectivity index (χ4n) is 8.92. The second-order valence-electron chi connectivity index (χ2n) is 15.9. The van der Waals surface area contributed by atoms with Gasteiger partial charge < -0.3 is 4.57 Å². The highest BCUT2D eigenvalue weighted by molar-refractivity contribution is 6.20. The van der Waals surface area contributed by atoms with E-state index < -0.39 is 0 Å². The molecule has 0 atom stereocenters. The number of aromatic nitrogens is 5.